The van der Waals surface area contributed by atoms with Crippen molar-refractivity contribution in [2.45, 2.75) is 25.4 Å². The molecule has 1 fully saturated rings. The number of aliphatic hydroxyl groups excluding tert-OH is 1. The number of amides is 1. The summed E-state index contributed by atoms with van der Waals surface area (Å²) in [5.41, 5.74) is 16.5. The molecular formula is C29H29FN6O3. The van der Waals surface area contributed by atoms with E-state index in [0.717, 1.165) is 22.5 Å². The number of halogens is 1. The molecule has 1 saturated heterocycles. The van der Waals surface area contributed by atoms with Crippen LogP contribution in [0.15, 0.2) is 60.9 Å². The van der Waals surface area contributed by atoms with Crippen LogP contribution in [0.3, 0.4) is 0 Å². The smallest absolute Gasteiger partial charge is 0.268 e. The van der Waals surface area contributed by atoms with Gasteiger partial charge in [0.2, 0.25) is 0 Å². The third-order valence-corrected chi connectivity index (χ3v) is 7.01. The molecule has 0 aliphatic carbocycles. The Morgan fingerprint density at radius 2 is 1.97 bits per heavy atom. The Labute approximate surface area is 225 Å². The summed E-state index contributed by atoms with van der Waals surface area (Å²) < 4.78 is 20.1. The summed E-state index contributed by atoms with van der Waals surface area (Å²) in [7, 11) is 1.41. The van der Waals surface area contributed by atoms with Crippen LogP contribution in [0, 0.1) is 12.7 Å². The molecule has 1 aliphatic heterocycles. The SMILES string of the molecule is COc1cccc(F)c1-c1ncc(-c2ccc(-c3cccnc3C)cc2N2C[C@@H](N)C[C@H]2CO)c(C(N)=O)n1. The van der Waals surface area contributed by atoms with Crippen molar-refractivity contribution >= 4 is 11.6 Å². The van der Waals surface area contributed by atoms with Crippen molar-refractivity contribution in [1.29, 1.82) is 0 Å². The number of hydrogen-bond donors (Lipinski definition) is 3. The number of aliphatic hydroxyl groups is 1. The lowest BCUT2D eigenvalue weighted by Gasteiger charge is -2.28. The second kappa shape index (κ2) is 10.8. The molecule has 2 aromatic heterocycles. The van der Waals surface area contributed by atoms with Gasteiger partial charge in [-0.15, -0.1) is 0 Å². The van der Waals surface area contributed by atoms with Crippen molar-refractivity contribution in [1.82, 2.24) is 15.0 Å². The number of aromatic nitrogens is 3. The van der Waals surface area contributed by atoms with E-state index in [-0.39, 0.29) is 41.5 Å². The Bertz CT molecular complexity index is 1550. The summed E-state index contributed by atoms with van der Waals surface area (Å²) in [6.45, 7) is 2.35. The van der Waals surface area contributed by atoms with E-state index in [1.54, 1.807) is 12.3 Å². The summed E-state index contributed by atoms with van der Waals surface area (Å²) in [6.07, 6.45) is 3.81. The fourth-order valence-electron chi connectivity index (χ4n) is 5.15. The van der Waals surface area contributed by atoms with Crippen LogP contribution < -0.4 is 21.1 Å². The van der Waals surface area contributed by atoms with Crippen molar-refractivity contribution in [3.63, 3.8) is 0 Å². The molecule has 2 aromatic carbocycles. The van der Waals surface area contributed by atoms with E-state index < -0.39 is 11.7 Å². The topological polar surface area (TPSA) is 140 Å². The molecule has 0 radical (unpaired) electrons. The predicted octanol–water partition coefficient (Wildman–Crippen LogP) is 3.33. The van der Waals surface area contributed by atoms with Gasteiger partial charge in [-0.3, -0.25) is 9.78 Å². The normalized spacial score (nSPS) is 16.9. The number of aryl methyl sites for hydroxylation is 1. The highest BCUT2D eigenvalue weighted by molar-refractivity contribution is 6.00. The summed E-state index contributed by atoms with van der Waals surface area (Å²) in [4.78, 5) is 27.9. The molecule has 0 saturated carbocycles. The van der Waals surface area contributed by atoms with Crippen LogP contribution in [-0.4, -0.2) is 58.3 Å². The number of rotatable bonds is 7. The van der Waals surface area contributed by atoms with Crippen molar-refractivity contribution in [2.24, 2.45) is 11.5 Å². The van der Waals surface area contributed by atoms with Gasteiger partial charge in [-0.2, -0.15) is 0 Å². The van der Waals surface area contributed by atoms with Gasteiger partial charge in [0.25, 0.3) is 5.91 Å². The van der Waals surface area contributed by atoms with Crippen molar-refractivity contribution in [2.75, 3.05) is 25.2 Å². The lowest BCUT2D eigenvalue weighted by Crippen LogP contribution is -2.33. The fraction of sp³-hybridized carbons (Fsp3) is 0.241. The van der Waals surface area contributed by atoms with E-state index in [1.807, 2.05) is 42.2 Å². The first-order valence-corrected chi connectivity index (χ1v) is 12.5. The zero-order chi connectivity index (χ0) is 27.7. The van der Waals surface area contributed by atoms with Crippen LogP contribution in [0.5, 0.6) is 5.75 Å². The molecular weight excluding hydrogens is 499 g/mol. The zero-order valence-corrected chi connectivity index (χ0v) is 21.6. The molecule has 1 amide bonds. The lowest BCUT2D eigenvalue weighted by molar-refractivity contribution is 0.0996. The third-order valence-electron chi connectivity index (χ3n) is 7.01. The molecule has 39 heavy (non-hydrogen) atoms. The van der Waals surface area contributed by atoms with Gasteiger partial charge in [0.1, 0.15) is 17.3 Å². The zero-order valence-electron chi connectivity index (χ0n) is 21.6. The molecule has 1 aliphatic rings. The number of benzene rings is 2. The number of nitrogens with zero attached hydrogens (tertiary/aromatic N) is 4. The first kappa shape index (κ1) is 26.2. The number of nitrogens with two attached hydrogens (primary N) is 2. The summed E-state index contributed by atoms with van der Waals surface area (Å²) in [5, 5.41) is 10.1. The molecule has 9 nitrogen and oxygen atoms in total. The molecule has 5 rings (SSSR count). The monoisotopic (exact) mass is 528 g/mol. The number of primary amides is 1. The summed E-state index contributed by atoms with van der Waals surface area (Å²) >= 11 is 0. The van der Waals surface area contributed by atoms with Crippen LogP contribution in [0.25, 0.3) is 33.6 Å². The first-order valence-electron chi connectivity index (χ1n) is 12.5. The lowest BCUT2D eigenvalue weighted by atomic mass is 9.96. The van der Waals surface area contributed by atoms with E-state index in [1.165, 1.54) is 25.4 Å². The van der Waals surface area contributed by atoms with E-state index in [2.05, 4.69) is 15.0 Å². The molecule has 200 valence electrons. The minimum atomic E-state index is -0.793. The largest absolute Gasteiger partial charge is 0.496 e. The average Bonchev–Trinajstić information content (AvgIpc) is 3.33. The Morgan fingerprint density at radius 3 is 2.69 bits per heavy atom. The van der Waals surface area contributed by atoms with Crippen LogP contribution >= 0.6 is 0 Å². The molecule has 0 bridgehead atoms. The predicted molar refractivity (Wildman–Crippen MR) is 147 cm³/mol. The fourth-order valence-corrected chi connectivity index (χ4v) is 5.15. The van der Waals surface area contributed by atoms with Crippen LogP contribution in [0.1, 0.15) is 22.6 Å². The van der Waals surface area contributed by atoms with Gasteiger partial charge in [-0.25, -0.2) is 14.4 Å². The van der Waals surface area contributed by atoms with Gasteiger partial charge in [0.15, 0.2) is 5.82 Å². The highest BCUT2D eigenvalue weighted by Crippen LogP contribution is 2.40. The molecule has 0 spiro atoms. The van der Waals surface area contributed by atoms with E-state index in [0.29, 0.717) is 24.1 Å². The third kappa shape index (κ3) is 4.91. The first-order chi connectivity index (χ1) is 18.8. The minimum Gasteiger partial charge on any atom is -0.496 e. The highest BCUT2D eigenvalue weighted by Gasteiger charge is 2.32. The summed E-state index contributed by atoms with van der Waals surface area (Å²) in [5.74, 6) is -1.18. The average molecular weight is 529 g/mol. The van der Waals surface area contributed by atoms with Crippen molar-refractivity contribution in [3.8, 4) is 39.4 Å². The van der Waals surface area contributed by atoms with Crippen LogP contribution in [-0.2, 0) is 0 Å². The number of ether oxygens (including phenoxy) is 1. The van der Waals surface area contributed by atoms with Gasteiger partial charge < -0.3 is 26.2 Å². The maximum Gasteiger partial charge on any atom is 0.268 e. The quantitative estimate of drug-likeness (QED) is 0.332. The van der Waals surface area contributed by atoms with Crippen LogP contribution in [0.2, 0.25) is 0 Å². The van der Waals surface area contributed by atoms with Gasteiger partial charge in [0, 0.05) is 53.1 Å². The van der Waals surface area contributed by atoms with E-state index in [4.69, 9.17) is 16.2 Å². The van der Waals surface area contributed by atoms with Gasteiger partial charge in [0.05, 0.1) is 25.3 Å². The maximum atomic E-state index is 14.8. The minimum absolute atomic E-state index is 0.0249. The number of hydrogen-bond acceptors (Lipinski definition) is 8. The Kier molecular flexibility index (Phi) is 7.23. The second-order valence-electron chi connectivity index (χ2n) is 9.49. The maximum absolute atomic E-state index is 14.8. The molecule has 3 heterocycles. The standard InChI is InChI=1S/C29H29FN6O3/c1-16-20(5-4-10-33-16)17-8-9-21(24(11-17)36-14-18(31)12-19(36)15-37)22-13-34-29(35-27(22)28(32)38)26-23(30)6-3-7-25(26)39-2/h3-11,13,18-19,37H,12,14-15,31H2,1-2H3,(H2,32,38)/t18-,19-/m0/s1. The summed E-state index contributed by atoms with van der Waals surface area (Å²) in [6, 6.07) is 13.6. The van der Waals surface area contributed by atoms with E-state index >= 15 is 0 Å². The molecule has 5 N–H and O–H groups in total. The molecule has 2 atom stereocenters. The number of methoxy groups -OCH3 is 1. The highest BCUT2D eigenvalue weighted by atomic mass is 19.1. The van der Waals surface area contributed by atoms with Gasteiger partial charge in [-0.05, 0) is 43.2 Å². The number of anilines is 1. The molecule has 0 unspecified atom stereocenters. The Morgan fingerprint density at radius 1 is 1.15 bits per heavy atom. The number of carbonyl (C=O) groups is 1. The Balaban J connectivity index is 1.71. The van der Waals surface area contributed by atoms with E-state index in [9.17, 15) is 14.3 Å². The van der Waals surface area contributed by atoms with Crippen LogP contribution in [0.4, 0.5) is 10.1 Å². The Hall–Kier alpha value is -4.41. The molecule has 4 aromatic rings. The number of pyridine rings is 1. The second-order valence-corrected chi connectivity index (χ2v) is 9.49. The van der Waals surface area contributed by atoms with Gasteiger partial charge >= 0.3 is 0 Å². The van der Waals surface area contributed by atoms with Gasteiger partial charge in [-0.1, -0.05) is 24.3 Å². The van der Waals surface area contributed by atoms with Crippen molar-refractivity contribution in [3.05, 3.63) is 78.1 Å². The van der Waals surface area contributed by atoms with Crippen molar-refractivity contribution < 1.29 is 19.0 Å². The number of carbonyl (C=O) groups excluding carboxylic acids is 1. The molecule has 10 heteroatoms.